The van der Waals surface area contributed by atoms with Crippen LogP contribution in [0.3, 0.4) is 0 Å². The molecule has 0 aromatic heterocycles. The number of benzene rings is 1. The van der Waals surface area contributed by atoms with Gasteiger partial charge in [-0.15, -0.1) is 35.2 Å². The van der Waals surface area contributed by atoms with E-state index in [0.717, 1.165) is 13.0 Å². The van der Waals surface area contributed by atoms with Gasteiger partial charge in [-0.1, -0.05) is 26.8 Å². The summed E-state index contributed by atoms with van der Waals surface area (Å²) in [4.78, 5) is 3.34. The predicted octanol–water partition coefficient (Wildman–Crippen LogP) is 8.25. The molecule has 0 spiro atoms. The summed E-state index contributed by atoms with van der Waals surface area (Å²) in [6.45, 7) is 16.6. The molecule has 27 heavy (non-hydrogen) atoms. The van der Waals surface area contributed by atoms with Crippen molar-refractivity contribution in [1.82, 2.24) is 0 Å². The molecular weight excluding hydrogens is 429 g/mol. The predicted molar refractivity (Wildman–Crippen MR) is 128 cm³/mol. The Morgan fingerprint density at radius 2 is 1.63 bits per heavy atom. The van der Waals surface area contributed by atoms with E-state index in [0.29, 0.717) is 0 Å². The standard InChI is InChI=1S/C9H7.C6H15OSi.C4H10N.CH3.CH2.2ClH.Ti/c1-2-5-9-7-3-6-8(9)4-1;1-5-6-7-8(2,3)4;1-4(2,3)5;;;;;/h1-7H;1,5-6H2,2-4H3;5H,1-3H3;1H3;1H2;2*1H;/q4*-1;;;;+2/p-2. The Hall–Kier alpha value is 0.131. The van der Waals surface area contributed by atoms with Gasteiger partial charge in [0, 0.05) is 6.61 Å². The van der Waals surface area contributed by atoms with Crippen LogP contribution in [0.1, 0.15) is 27.2 Å². The van der Waals surface area contributed by atoms with Crippen LogP contribution in [0.25, 0.3) is 16.5 Å². The van der Waals surface area contributed by atoms with Gasteiger partial charge >= 0.3 is 38.7 Å². The van der Waals surface area contributed by atoms with E-state index in [1.54, 1.807) is 0 Å². The molecule has 0 aliphatic carbocycles. The van der Waals surface area contributed by atoms with E-state index >= 15 is 0 Å². The Kier molecular flexibility index (Phi) is 20.1. The molecule has 2 aromatic rings. The Morgan fingerprint density at radius 3 is 1.96 bits per heavy atom. The molecule has 0 aliphatic rings. The minimum Gasteiger partial charge on any atom is -0.358 e. The first-order chi connectivity index (χ1) is 11.8. The molecular formula is C21H37Cl2NOSiTi-4. The molecule has 1 N–H and O–H groups in total. The average Bonchev–Trinajstić information content (AvgIpc) is 2.91. The number of hydrogen-bond donors (Lipinski definition) is 0. The van der Waals surface area contributed by atoms with Crippen molar-refractivity contribution in [2.24, 2.45) is 0 Å². The molecule has 0 bridgehead atoms. The van der Waals surface area contributed by atoms with Gasteiger partial charge < -0.3 is 24.5 Å². The minimum atomic E-state index is -1.64. The van der Waals surface area contributed by atoms with E-state index in [2.05, 4.69) is 73.8 Å². The number of fused-ring (bicyclic) bond motifs is 1. The van der Waals surface area contributed by atoms with Crippen LogP contribution in [-0.4, -0.2) is 25.3 Å². The van der Waals surface area contributed by atoms with Crippen LogP contribution in [0.15, 0.2) is 42.5 Å². The number of halogens is 2. The zero-order valence-corrected chi connectivity index (χ0v) is 22.1. The molecule has 0 saturated heterocycles. The van der Waals surface area contributed by atoms with Crippen molar-refractivity contribution in [2.75, 3.05) is 6.61 Å². The Balaban J connectivity index is -0.000000297. The van der Waals surface area contributed by atoms with Crippen molar-refractivity contribution in [3.63, 3.8) is 0 Å². The van der Waals surface area contributed by atoms with Crippen LogP contribution >= 0.6 is 18.6 Å². The summed E-state index contributed by atoms with van der Waals surface area (Å²) in [5.74, 6) is 0. The van der Waals surface area contributed by atoms with Gasteiger partial charge in [0.05, 0.1) is 0 Å². The van der Waals surface area contributed by atoms with Crippen molar-refractivity contribution in [1.29, 1.82) is 0 Å². The fourth-order valence-electron chi connectivity index (χ4n) is 1.45. The summed E-state index contributed by atoms with van der Waals surface area (Å²) >= 11 is -1.64. The number of nitrogens with one attached hydrogen (secondary N) is 1. The second kappa shape index (κ2) is 17.0. The number of hydrogen-bond acceptors (Lipinski definition) is 1. The van der Waals surface area contributed by atoms with E-state index in [-0.39, 0.29) is 13.0 Å². The van der Waals surface area contributed by atoms with Gasteiger partial charge in [0.15, 0.2) is 8.32 Å². The first-order valence-corrected chi connectivity index (χ1v) is 17.4. The summed E-state index contributed by atoms with van der Waals surface area (Å²) in [6, 6.07) is 14.7. The maximum absolute atomic E-state index is 6.94. The van der Waals surface area contributed by atoms with E-state index in [1.807, 2.05) is 20.8 Å². The van der Waals surface area contributed by atoms with Crippen LogP contribution in [0.4, 0.5) is 0 Å². The molecule has 0 fully saturated rings. The largest absolute Gasteiger partial charge is 0.358 e. The third kappa shape index (κ3) is 31.1. The topological polar surface area (TPSA) is 33.0 Å². The number of rotatable bonds is 3. The zero-order valence-electron chi connectivity index (χ0n) is 18.0. The minimum absolute atomic E-state index is 0. The molecule has 2 nitrogen and oxygen atoms in total. The Morgan fingerprint density at radius 1 is 1.19 bits per heavy atom. The average molecular weight is 466 g/mol. The van der Waals surface area contributed by atoms with Crippen molar-refractivity contribution in [3.8, 4) is 0 Å². The Labute approximate surface area is 183 Å². The van der Waals surface area contributed by atoms with Gasteiger partial charge in [-0.05, 0) is 19.6 Å². The van der Waals surface area contributed by atoms with Crippen LogP contribution < -0.4 is 0 Å². The summed E-state index contributed by atoms with van der Waals surface area (Å²) in [7, 11) is 8.97. The zero-order chi connectivity index (χ0) is 20.8. The van der Waals surface area contributed by atoms with E-state index in [9.17, 15) is 0 Å². The quantitative estimate of drug-likeness (QED) is 0.331. The van der Waals surface area contributed by atoms with Crippen LogP contribution in [0.2, 0.25) is 19.6 Å². The first kappa shape index (κ1) is 31.8. The Bertz CT molecular complexity index is 564. The van der Waals surface area contributed by atoms with Gasteiger partial charge in [0.1, 0.15) is 0 Å². The maximum Gasteiger partial charge on any atom is -0.0809 e. The van der Waals surface area contributed by atoms with Gasteiger partial charge in [-0.3, -0.25) is 0 Å². The molecule has 158 valence electrons. The van der Waals surface area contributed by atoms with E-state index < -0.39 is 23.6 Å². The molecule has 0 aliphatic heterocycles. The monoisotopic (exact) mass is 465 g/mol. The SMILES string of the molecule is CC(C)(C)[NH-].[CH2-]CCO[Si](C)(C)C.[CH2]=[Ti]([Cl])[Cl].[CH3-].c1ccc2[cH-]ccc2c1. The molecule has 0 heterocycles. The fraction of sp³-hybridized carbons (Fsp3) is 0.429. The summed E-state index contributed by atoms with van der Waals surface area (Å²) in [5, 5.41) is 2.66. The summed E-state index contributed by atoms with van der Waals surface area (Å²) in [6.07, 6.45) is 0.893. The molecule has 0 radical (unpaired) electrons. The van der Waals surface area contributed by atoms with Crippen LogP contribution in [-0.2, 0) is 19.7 Å². The second-order valence-electron chi connectivity index (χ2n) is 7.56. The smallest absolute Gasteiger partial charge is 0.0809 e. The maximum atomic E-state index is 6.94. The van der Waals surface area contributed by atoms with Gasteiger partial charge in [-0.25, -0.2) is 0 Å². The van der Waals surface area contributed by atoms with Crippen molar-refractivity contribution in [2.45, 2.75) is 52.4 Å². The molecule has 2 rings (SSSR count). The third-order valence-electron chi connectivity index (χ3n) is 2.23. The third-order valence-corrected chi connectivity index (χ3v) is 3.30. The summed E-state index contributed by atoms with van der Waals surface area (Å²) in [5.41, 5.74) is 6.69. The normalized spacial score (nSPS) is 10.1. The molecule has 0 atom stereocenters. The van der Waals surface area contributed by atoms with E-state index in [1.165, 1.54) is 10.8 Å². The molecule has 0 saturated carbocycles. The van der Waals surface area contributed by atoms with Crippen LogP contribution in [0, 0.1) is 14.4 Å². The van der Waals surface area contributed by atoms with Crippen LogP contribution in [0.5, 0.6) is 0 Å². The van der Waals surface area contributed by atoms with Crippen molar-refractivity contribution >= 4 is 42.5 Å². The molecule has 0 unspecified atom stereocenters. The second-order valence-corrected chi connectivity index (χ2v) is 17.7. The van der Waals surface area contributed by atoms with Gasteiger partial charge in [0.2, 0.25) is 0 Å². The van der Waals surface area contributed by atoms with Crippen molar-refractivity contribution in [3.05, 3.63) is 62.5 Å². The molecule has 6 heteroatoms. The summed E-state index contributed by atoms with van der Waals surface area (Å²) < 4.78 is 5.45. The molecule has 0 amide bonds. The first-order valence-electron chi connectivity index (χ1n) is 8.55. The molecule has 2 aromatic carbocycles. The van der Waals surface area contributed by atoms with Gasteiger partial charge in [0.25, 0.3) is 0 Å². The van der Waals surface area contributed by atoms with E-state index in [4.69, 9.17) is 28.8 Å². The van der Waals surface area contributed by atoms with Gasteiger partial charge in [-0.2, -0.15) is 23.9 Å². The van der Waals surface area contributed by atoms with Crippen molar-refractivity contribution < 1.29 is 19.7 Å². The fourth-order valence-corrected chi connectivity index (χ4v) is 2.20.